The molecule has 1 aliphatic heterocycles. The lowest BCUT2D eigenvalue weighted by molar-refractivity contribution is -0.121. The molecule has 0 radical (unpaired) electrons. The van der Waals surface area contributed by atoms with E-state index < -0.39 is 0 Å². The molecule has 0 unspecified atom stereocenters. The number of hydrogen-bond acceptors (Lipinski definition) is 4. The van der Waals surface area contributed by atoms with Gasteiger partial charge in [0.05, 0.1) is 19.8 Å². The third-order valence-corrected chi connectivity index (χ3v) is 2.94. The lowest BCUT2D eigenvalue weighted by Crippen LogP contribution is -2.44. The van der Waals surface area contributed by atoms with E-state index in [2.05, 4.69) is 10.6 Å². The lowest BCUT2D eigenvalue weighted by atomic mass is 10.1. The first kappa shape index (κ1) is 15.6. The number of nitrogens with one attached hydrogen (secondary N) is 2. The van der Waals surface area contributed by atoms with E-state index in [-0.39, 0.29) is 11.4 Å². The van der Waals surface area contributed by atoms with E-state index in [0.717, 1.165) is 23.5 Å². The molecule has 0 saturated heterocycles. The molecule has 1 aromatic carbocycles. The van der Waals surface area contributed by atoms with Gasteiger partial charge >= 0.3 is 0 Å². The molecule has 0 fully saturated rings. The van der Waals surface area contributed by atoms with Crippen LogP contribution in [0.25, 0.3) is 0 Å². The van der Waals surface area contributed by atoms with E-state index in [4.69, 9.17) is 9.47 Å². The van der Waals surface area contributed by atoms with Crippen molar-refractivity contribution in [2.24, 2.45) is 0 Å². The molecule has 0 aliphatic carbocycles. The summed E-state index contributed by atoms with van der Waals surface area (Å²) in [7, 11) is 0. The summed E-state index contributed by atoms with van der Waals surface area (Å²) < 4.78 is 11.2. The molecule has 2 rings (SSSR count). The Labute approximate surface area is 126 Å². The first-order valence-corrected chi connectivity index (χ1v) is 7.34. The van der Waals surface area contributed by atoms with E-state index in [0.29, 0.717) is 26.3 Å². The van der Waals surface area contributed by atoms with Crippen molar-refractivity contribution in [2.75, 3.05) is 19.8 Å². The van der Waals surface area contributed by atoms with E-state index in [1.54, 1.807) is 0 Å². The van der Waals surface area contributed by atoms with Crippen LogP contribution in [0, 0.1) is 0 Å². The molecule has 1 amide bonds. The van der Waals surface area contributed by atoms with Gasteiger partial charge in [0.15, 0.2) is 11.5 Å². The highest BCUT2D eigenvalue weighted by Crippen LogP contribution is 2.30. The number of ether oxygens (including phenoxy) is 2. The van der Waals surface area contributed by atoms with Gasteiger partial charge in [0, 0.05) is 18.5 Å². The van der Waals surface area contributed by atoms with Crippen LogP contribution in [-0.2, 0) is 11.3 Å². The van der Waals surface area contributed by atoms with Crippen LogP contribution in [-0.4, -0.2) is 31.2 Å². The number of rotatable bonds is 4. The highest BCUT2D eigenvalue weighted by molar-refractivity contribution is 5.78. The SMILES string of the molecule is CC(C)(C)NC(=O)CNCc1ccc2c(c1)OCCCO2. The minimum Gasteiger partial charge on any atom is -0.490 e. The lowest BCUT2D eigenvalue weighted by Gasteiger charge is -2.20. The number of amides is 1. The fourth-order valence-electron chi connectivity index (χ4n) is 2.10. The van der Waals surface area contributed by atoms with Crippen molar-refractivity contribution < 1.29 is 14.3 Å². The molecule has 2 N–H and O–H groups in total. The number of carbonyl (C=O) groups excluding carboxylic acids is 1. The molecule has 0 atom stereocenters. The average molecular weight is 292 g/mol. The van der Waals surface area contributed by atoms with E-state index in [9.17, 15) is 4.79 Å². The smallest absolute Gasteiger partial charge is 0.234 e. The summed E-state index contributed by atoms with van der Waals surface area (Å²) in [5.74, 6) is 1.57. The zero-order valence-corrected chi connectivity index (χ0v) is 13.0. The van der Waals surface area contributed by atoms with Gasteiger partial charge in [0.25, 0.3) is 0 Å². The highest BCUT2D eigenvalue weighted by Gasteiger charge is 2.13. The average Bonchev–Trinajstić information content (AvgIpc) is 2.61. The van der Waals surface area contributed by atoms with Crippen LogP contribution >= 0.6 is 0 Å². The quantitative estimate of drug-likeness (QED) is 0.889. The normalized spacial score (nSPS) is 14.4. The topological polar surface area (TPSA) is 59.6 Å². The molecule has 5 heteroatoms. The standard InChI is InChI=1S/C16H24N2O3/c1-16(2,3)18-15(19)11-17-10-12-5-6-13-14(9-12)21-8-4-7-20-13/h5-6,9,17H,4,7-8,10-11H2,1-3H3,(H,18,19). The summed E-state index contributed by atoms with van der Waals surface area (Å²) in [6, 6.07) is 5.88. The van der Waals surface area contributed by atoms with E-state index in [1.165, 1.54) is 0 Å². The molecule has 1 heterocycles. The molecule has 116 valence electrons. The molecule has 1 aromatic rings. The van der Waals surface area contributed by atoms with Gasteiger partial charge in [-0.3, -0.25) is 4.79 Å². The molecular weight excluding hydrogens is 268 g/mol. The largest absolute Gasteiger partial charge is 0.490 e. The van der Waals surface area contributed by atoms with Crippen molar-refractivity contribution in [3.8, 4) is 11.5 Å². The van der Waals surface area contributed by atoms with Crippen molar-refractivity contribution in [1.29, 1.82) is 0 Å². The predicted octanol–water partition coefficient (Wildman–Crippen LogP) is 1.85. The van der Waals surface area contributed by atoms with Gasteiger partial charge in [-0.25, -0.2) is 0 Å². The van der Waals surface area contributed by atoms with Crippen LogP contribution in [0.4, 0.5) is 0 Å². The predicted molar refractivity (Wildman–Crippen MR) is 81.7 cm³/mol. The van der Waals surface area contributed by atoms with E-state index >= 15 is 0 Å². The van der Waals surface area contributed by atoms with Crippen molar-refractivity contribution in [3.05, 3.63) is 23.8 Å². The van der Waals surface area contributed by atoms with Gasteiger partial charge in [-0.1, -0.05) is 6.07 Å². The minimum atomic E-state index is -0.200. The number of benzene rings is 1. The molecular formula is C16H24N2O3. The molecule has 0 saturated carbocycles. The van der Waals surface area contributed by atoms with Crippen LogP contribution in [0.5, 0.6) is 11.5 Å². The fraction of sp³-hybridized carbons (Fsp3) is 0.562. The first-order valence-electron chi connectivity index (χ1n) is 7.34. The summed E-state index contributed by atoms with van der Waals surface area (Å²) in [6.45, 7) is 8.19. The summed E-state index contributed by atoms with van der Waals surface area (Å²) in [4.78, 5) is 11.7. The Morgan fingerprint density at radius 3 is 2.62 bits per heavy atom. The van der Waals surface area contributed by atoms with Gasteiger partial charge in [-0.15, -0.1) is 0 Å². The Hall–Kier alpha value is -1.75. The number of fused-ring (bicyclic) bond motifs is 1. The van der Waals surface area contributed by atoms with E-state index in [1.807, 2.05) is 39.0 Å². The zero-order valence-electron chi connectivity index (χ0n) is 13.0. The van der Waals surface area contributed by atoms with Crippen molar-refractivity contribution in [2.45, 2.75) is 39.3 Å². The fourth-order valence-corrected chi connectivity index (χ4v) is 2.10. The van der Waals surface area contributed by atoms with Crippen LogP contribution in [0.15, 0.2) is 18.2 Å². The van der Waals surface area contributed by atoms with Gasteiger partial charge in [-0.2, -0.15) is 0 Å². The Morgan fingerprint density at radius 2 is 1.90 bits per heavy atom. The second-order valence-corrected chi connectivity index (χ2v) is 6.23. The van der Waals surface area contributed by atoms with Gasteiger partial charge in [0.2, 0.25) is 5.91 Å². The van der Waals surface area contributed by atoms with Crippen LogP contribution in [0.1, 0.15) is 32.8 Å². The van der Waals surface area contributed by atoms with Crippen LogP contribution in [0.2, 0.25) is 0 Å². The number of hydrogen-bond donors (Lipinski definition) is 2. The molecule has 21 heavy (non-hydrogen) atoms. The van der Waals surface area contributed by atoms with Crippen molar-refractivity contribution in [3.63, 3.8) is 0 Å². The molecule has 0 aromatic heterocycles. The summed E-state index contributed by atoms with van der Waals surface area (Å²) in [6.07, 6.45) is 0.898. The third-order valence-electron chi connectivity index (χ3n) is 2.94. The van der Waals surface area contributed by atoms with Crippen LogP contribution < -0.4 is 20.1 Å². The first-order chi connectivity index (χ1) is 9.94. The second-order valence-electron chi connectivity index (χ2n) is 6.23. The Morgan fingerprint density at radius 1 is 1.19 bits per heavy atom. The van der Waals surface area contributed by atoms with Gasteiger partial charge in [0.1, 0.15) is 0 Å². The minimum absolute atomic E-state index is 0.00292. The van der Waals surface area contributed by atoms with Crippen LogP contribution in [0.3, 0.4) is 0 Å². The maximum atomic E-state index is 11.7. The summed E-state index contributed by atoms with van der Waals surface area (Å²) in [5, 5.41) is 6.06. The molecule has 5 nitrogen and oxygen atoms in total. The van der Waals surface area contributed by atoms with Crippen molar-refractivity contribution >= 4 is 5.91 Å². The monoisotopic (exact) mass is 292 g/mol. The molecule has 0 bridgehead atoms. The molecule has 1 aliphatic rings. The molecule has 0 spiro atoms. The Kier molecular flexibility index (Phi) is 5.07. The van der Waals surface area contributed by atoms with Gasteiger partial charge in [-0.05, 0) is 38.5 Å². The maximum absolute atomic E-state index is 11.7. The highest BCUT2D eigenvalue weighted by atomic mass is 16.5. The summed E-state index contributed by atoms with van der Waals surface area (Å²) >= 11 is 0. The third kappa shape index (κ3) is 5.27. The second kappa shape index (κ2) is 6.80. The zero-order chi connectivity index (χ0) is 15.3. The van der Waals surface area contributed by atoms with Crippen molar-refractivity contribution in [1.82, 2.24) is 10.6 Å². The number of carbonyl (C=O) groups is 1. The Balaban J connectivity index is 1.84. The Bertz CT molecular complexity index is 495. The summed E-state index contributed by atoms with van der Waals surface area (Å²) in [5.41, 5.74) is 0.872. The maximum Gasteiger partial charge on any atom is 0.234 e. The van der Waals surface area contributed by atoms with Gasteiger partial charge < -0.3 is 20.1 Å².